The first-order chi connectivity index (χ1) is 14.0. The molecule has 3 heterocycles. The van der Waals surface area contributed by atoms with Gasteiger partial charge in [-0.05, 0) is 18.1 Å². The fraction of sp³-hybridized carbons (Fsp3) is 0.286. The monoisotopic (exact) mass is 407 g/mol. The molecule has 0 aliphatic carbocycles. The van der Waals surface area contributed by atoms with Gasteiger partial charge < -0.3 is 4.74 Å². The number of fused-ring (bicyclic) bond motifs is 3. The second kappa shape index (κ2) is 8.16. The van der Waals surface area contributed by atoms with E-state index in [9.17, 15) is 4.79 Å². The molecule has 29 heavy (non-hydrogen) atoms. The quantitative estimate of drug-likeness (QED) is 0.602. The van der Waals surface area contributed by atoms with Crippen molar-refractivity contribution in [3.8, 4) is 17.1 Å². The first-order valence-corrected chi connectivity index (χ1v) is 10.4. The fourth-order valence-corrected chi connectivity index (χ4v) is 3.82. The smallest absolute Gasteiger partial charge is 0.247 e. The number of thioether (sulfide) groups is 1. The first kappa shape index (κ1) is 19.3. The van der Waals surface area contributed by atoms with Gasteiger partial charge in [-0.2, -0.15) is 4.98 Å². The van der Waals surface area contributed by atoms with Gasteiger partial charge >= 0.3 is 0 Å². The number of amides is 1. The van der Waals surface area contributed by atoms with Crippen molar-refractivity contribution < 1.29 is 9.53 Å². The zero-order valence-electron chi connectivity index (χ0n) is 16.4. The summed E-state index contributed by atoms with van der Waals surface area (Å²) in [5.74, 6) is 1.58. The van der Waals surface area contributed by atoms with Gasteiger partial charge in [0.25, 0.3) is 0 Å². The highest BCUT2D eigenvalue weighted by Crippen LogP contribution is 2.43. The Hall–Kier alpha value is -3.00. The Morgan fingerprint density at radius 1 is 1.21 bits per heavy atom. The molecule has 4 rings (SSSR count). The summed E-state index contributed by atoms with van der Waals surface area (Å²) in [5.41, 5.74) is 2.73. The zero-order valence-corrected chi connectivity index (χ0v) is 17.3. The summed E-state index contributed by atoms with van der Waals surface area (Å²) in [7, 11) is 0. The van der Waals surface area contributed by atoms with E-state index in [1.807, 2.05) is 36.4 Å². The highest BCUT2D eigenvalue weighted by molar-refractivity contribution is 7.99. The molecule has 0 bridgehead atoms. The number of anilines is 1. The third kappa shape index (κ3) is 3.93. The van der Waals surface area contributed by atoms with Gasteiger partial charge in [-0.3, -0.25) is 14.7 Å². The number of benzene rings is 1. The number of hydrogen-bond donors (Lipinski definition) is 0. The molecule has 0 N–H and O–H groups in total. The Kier molecular flexibility index (Phi) is 5.44. The summed E-state index contributed by atoms with van der Waals surface area (Å²) in [6.07, 6.45) is 2.67. The summed E-state index contributed by atoms with van der Waals surface area (Å²) in [4.78, 5) is 23.1. The van der Waals surface area contributed by atoms with E-state index in [-0.39, 0.29) is 5.91 Å². The van der Waals surface area contributed by atoms with Crippen LogP contribution in [0.25, 0.3) is 11.3 Å². The maximum atomic E-state index is 12.7. The Labute approximate surface area is 173 Å². The van der Waals surface area contributed by atoms with Crippen molar-refractivity contribution in [3.05, 3.63) is 54.4 Å². The van der Waals surface area contributed by atoms with E-state index in [4.69, 9.17) is 4.74 Å². The maximum absolute atomic E-state index is 12.7. The van der Waals surface area contributed by atoms with Gasteiger partial charge in [0, 0.05) is 36.2 Å². The van der Waals surface area contributed by atoms with Crippen LogP contribution < -0.4 is 9.64 Å². The van der Waals surface area contributed by atoms with E-state index < -0.39 is 6.23 Å². The number of carbonyl (C=O) groups is 1. The molecule has 148 valence electrons. The zero-order chi connectivity index (χ0) is 20.4. The number of carbonyl (C=O) groups excluding carboxylic acids is 1. The van der Waals surface area contributed by atoms with Gasteiger partial charge in [0.1, 0.15) is 0 Å². The number of pyridine rings is 1. The molecule has 2 aromatic heterocycles. The molecule has 1 aliphatic heterocycles. The Morgan fingerprint density at radius 2 is 2.03 bits per heavy atom. The van der Waals surface area contributed by atoms with E-state index in [2.05, 4.69) is 34.0 Å². The highest BCUT2D eigenvalue weighted by atomic mass is 32.2. The highest BCUT2D eigenvalue weighted by Gasteiger charge is 2.34. The van der Waals surface area contributed by atoms with Crippen molar-refractivity contribution in [2.45, 2.75) is 32.2 Å². The molecule has 8 heteroatoms. The molecule has 0 fully saturated rings. The molecule has 1 aliphatic rings. The van der Waals surface area contributed by atoms with Crippen LogP contribution in [-0.4, -0.2) is 31.8 Å². The molecule has 1 amide bonds. The second-order valence-electron chi connectivity index (χ2n) is 7.12. The van der Waals surface area contributed by atoms with Crippen molar-refractivity contribution in [1.29, 1.82) is 0 Å². The molecule has 0 spiro atoms. The Balaban J connectivity index is 1.87. The molecule has 1 atom stereocenters. The molecular weight excluding hydrogens is 386 g/mol. The van der Waals surface area contributed by atoms with Crippen molar-refractivity contribution >= 4 is 23.4 Å². The van der Waals surface area contributed by atoms with Crippen molar-refractivity contribution in [2.24, 2.45) is 5.92 Å². The normalized spacial score (nSPS) is 15.3. The molecule has 7 nitrogen and oxygen atoms in total. The lowest BCUT2D eigenvalue weighted by Gasteiger charge is -2.29. The van der Waals surface area contributed by atoms with Crippen LogP contribution in [0.1, 0.15) is 32.6 Å². The third-order valence-electron chi connectivity index (χ3n) is 4.37. The lowest BCUT2D eigenvalue weighted by molar-refractivity contribution is -0.118. The van der Waals surface area contributed by atoms with Gasteiger partial charge in [-0.1, -0.05) is 49.9 Å². The average Bonchev–Trinajstić information content (AvgIpc) is 2.87. The van der Waals surface area contributed by atoms with Gasteiger partial charge in [0.05, 0.1) is 5.69 Å². The van der Waals surface area contributed by atoms with Gasteiger partial charge in [-0.15, -0.1) is 10.2 Å². The van der Waals surface area contributed by atoms with E-state index in [0.29, 0.717) is 28.3 Å². The summed E-state index contributed by atoms with van der Waals surface area (Å²) in [6.45, 7) is 5.79. The van der Waals surface area contributed by atoms with Crippen LogP contribution in [0.4, 0.5) is 5.69 Å². The first-order valence-electron chi connectivity index (χ1n) is 9.38. The lowest BCUT2D eigenvalue weighted by atomic mass is 10.1. The van der Waals surface area contributed by atoms with Crippen LogP contribution >= 0.6 is 11.8 Å². The summed E-state index contributed by atoms with van der Waals surface area (Å²) in [5, 5.41) is 9.24. The van der Waals surface area contributed by atoms with E-state index in [1.165, 1.54) is 18.7 Å². The summed E-state index contributed by atoms with van der Waals surface area (Å²) >= 11 is 1.54. The Bertz CT molecular complexity index is 1030. The number of aromatic nitrogens is 4. The number of ether oxygens (including phenoxy) is 1. The van der Waals surface area contributed by atoms with Gasteiger partial charge in [0.15, 0.2) is 5.69 Å². The predicted octanol–water partition coefficient (Wildman–Crippen LogP) is 4.13. The molecule has 0 saturated heterocycles. The largest absolute Gasteiger partial charge is 0.447 e. The average molecular weight is 407 g/mol. The lowest BCUT2D eigenvalue weighted by Crippen LogP contribution is -2.36. The summed E-state index contributed by atoms with van der Waals surface area (Å²) in [6, 6.07) is 11.3. The number of hydrogen-bond acceptors (Lipinski definition) is 7. The van der Waals surface area contributed by atoms with Crippen LogP contribution in [0.5, 0.6) is 5.88 Å². The number of nitrogens with zero attached hydrogens (tertiary/aromatic N) is 5. The third-order valence-corrected chi connectivity index (χ3v) is 5.63. The number of rotatable bonds is 4. The van der Waals surface area contributed by atoms with Crippen LogP contribution in [0.15, 0.2) is 53.9 Å². The standard InChI is InChI=1S/C21H21N5O2S/c1-13(2)12-29-21-23-19-18(24-25-21)16-8-4-5-9-17(16)26(14(3)27)20(28-19)15-7-6-10-22-11-15/h4-11,13,20H,12H2,1-3H3/t20-/m1/s1. The maximum Gasteiger partial charge on any atom is 0.247 e. The second-order valence-corrected chi connectivity index (χ2v) is 8.10. The molecule has 0 unspecified atom stereocenters. The topological polar surface area (TPSA) is 81.1 Å². The minimum Gasteiger partial charge on any atom is -0.447 e. The van der Waals surface area contributed by atoms with Gasteiger partial charge in [-0.25, -0.2) is 0 Å². The van der Waals surface area contributed by atoms with E-state index in [0.717, 1.165) is 16.9 Å². The Morgan fingerprint density at radius 3 is 2.76 bits per heavy atom. The SMILES string of the molecule is CC(=O)N1c2ccccc2-c2nnc(SCC(C)C)nc2O[C@@H]1c1cccnc1. The molecule has 0 radical (unpaired) electrons. The van der Waals surface area contributed by atoms with Crippen molar-refractivity contribution in [3.63, 3.8) is 0 Å². The molecular formula is C21H21N5O2S. The fourth-order valence-electron chi connectivity index (χ4n) is 3.09. The van der Waals surface area contributed by atoms with Crippen LogP contribution in [0.3, 0.4) is 0 Å². The van der Waals surface area contributed by atoms with Crippen molar-refractivity contribution in [2.75, 3.05) is 10.7 Å². The predicted molar refractivity (Wildman–Crippen MR) is 112 cm³/mol. The van der Waals surface area contributed by atoms with E-state index in [1.54, 1.807) is 17.3 Å². The molecule has 1 aromatic carbocycles. The van der Waals surface area contributed by atoms with Crippen LogP contribution in [0.2, 0.25) is 0 Å². The number of para-hydroxylation sites is 1. The molecule has 0 saturated carbocycles. The van der Waals surface area contributed by atoms with Crippen molar-refractivity contribution in [1.82, 2.24) is 20.2 Å². The van der Waals surface area contributed by atoms with Gasteiger partial charge in [0.2, 0.25) is 23.2 Å². The molecule has 3 aromatic rings. The van der Waals surface area contributed by atoms with Crippen LogP contribution in [0, 0.1) is 5.92 Å². The van der Waals surface area contributed by atoms with E-state index >= 15 is 0 Å². The minimum absolute atomic E-state index is 0.151. The minimum atomic E-state index is -0.705. The summed E-state index contributed by atoms with van der Waals surface area (Å²) < 4.78 is 6.29. The van der Waals surface area contributed by atoms with Crippen LogP contribution in [-0.2, 0) is 4.79 Å².